The largest absolute Gasteiger partial charge is 0.416 e. The monoisotopic (exact) mass is 498 g/mol. The van der Waals surface area contributed by atoms with Crippen molar-refractivity contribution in [2.24, 2.45) is 4.99 Å². The molecule has 0 amide bonds. The fraction of sp³-hybridized carbons (Fsp3) is 0.611. The summed E-state index contributed by atoms with van der Waals surface area (Å²) >= 11 is 0. The Morgan fingerprint density at radius 1 is 1.26 bits per heavy atom. The third kappa shape index (κ3) is 6.21. The molecule has 3 rings (SSSR count). The number of benzene rings is 1. The van der Waals surface area contributed by atoms with Crippen LogP contribution >= 0.6 is 24.0 Å². The molecule has 2 saturated heterocycles. The number of nitrogens with one attached hydrogen (secondary N) is 2. The van der Waals surface area contributed by atoms with Crippen LogP contribution in [0.15, 0.2) is 29.3 Å². The standard InChI is InChI=1S/C18H25F3N4O.HI/c1-22-17(23-9-13-4-6-14(7-5-13)18(19,20)21)24-10-16-11-25-8-2-3-15(25)12-26-16;/h4-7,15-16H,2-3,8-12H2,1H3,(H2,22,23,24);1H. The number of rotatable bonds is 4. The van der Waals surface area contributed by atoms with Crippen molar-refractivity contribution >= 4 is 29.9 Å². The normalized spacial score (nSPS) is 23.5. The molecule has 27 heavy (non-hydrogen) atoms. The van der Waals surface area contributed by atoms with E-state index < -0.39 is 11.7 Å². The lowest BCUT2D eigenvalue weighted by Crippen LogP contribution is -2.51. The summed E-state index contributed by atoms with van der Waals surface area (Å²) in [7, 11) is 1.67. The van der Waals surface area contributed by atoms with E-state index in [4.69, 9.17) is 4.74 Å². The maximum absolute atomic E-state index is 12.6. The van der Waals surface area contributed by atoms with Crippen LogP contribution in [-0.4, -0.2) is 56.3 Å². The minimum absolute atomic E-state index is 0. The minimum atomic E-state index is -4.31. The minimum Gasteiger partial charge on any atom is -0.373 e. The zero-order chi connectivity index (χ0) is 18.6. The summed E-state index contributed by atoms with van der Waals surface area (Å²) in [5, 5.41) is 6.35. The lowest BCUT2D eigenvalue weighted by Gasteiger charge is -2.35. The van der Waals surface area contributed by atoms with E-state index in [1.54, 1.807) is 7.05 Å². The van der Waals surface area contributed by atoms with E-state index in [0.29, 0.717) is 25.1 Å². The number of ether oxygens (including phenoxy) is 1. The zero-order valence-corrected chi connectivity index (χ0v) is 17.6. The Hall–Kier alpha value is -1.07. The van der Waals surface area contributed by atoms with Crippen molar-refractivity contribution in [3.8, 4) is 0 Å². The average Bonchev–Trinajstić information content (AvgIpc) is 3.09. The number of hydrogen-bond donors (Lipinski definition) is 2. The van der Waals surface area contributed by atoms with Gasteiger partial charge in [-0.15, -0.1) is 24.0 Å². The highest BCUT2D eigenvalue weighted by Crippen LogP contribution is 2.29. The average molecular weight is 498 g/mol. The Balaban J connectivity index is 0.00000261. The molecular weight excluding hydrogens is 472 g/mol. The summed E-state index contributed by atoms with van der Waals surface area (Å²) in [5.41, 5.74) is 0.119. The number of fused-ring (bicyclic) bond motifs is 1. The molecule has 5 nitrogen and oxygen atoms in total. The number of morpholine rings is 1. The molecule has 0 bridgehead atoms. The van der Waals surface area contributed by atoms with Crippen LogP contribution in [0.5, 0.6) is 0 Å². The molecule has 2 unspecified atom stereocenters. The van der Waals surface area contributed by atoms with Crippen molar-refractivity contribution in [1.29, 1.82) is 0 Å². The number of alkyl halides is 3. The van der Waals surface area contributed by atoms with Crippen molar-refractivity contribution in [2.45, 2.75) is 37.7 Å². The van der Waals surface area contributed by atoms with Crippen LogP contribution in [0.2, 0.25) is 0 Å². The fourth-order valence-corrected chi connectivity index (χ4v) is 3.44. The van der Waals surface area contributed by atoms with Gasteiger partial charge in [0.15, 0.2) is 5.96 Å². The predicted octanol–water partition coefficient (Wildman–Crippen LogP) is 2.85. The number of aliphatic imine (C=N–C) groups is 1. The Bertz CT molecular complexity index is 624. The first-order valence-electron chi connectivity index (χ1n) is 8.92. The Morgan fingerprint density at radius 3 is 2.67 bits per heavy atom. The molecule has 2 aliphatic rings. The summed E-state index contributed by atoms with van der Waals surface area (Å²) in [5.74, 6) is 0.608. The second-order valence-corrected chi connectivity index (χ2v) is 6.75. The van der Waals surface area contributed by atoms with Gasteiger partial charge in [-0.3, -0.25) is 9.89 Å². The molecule has 0 aromatic heterocycles. The van der Waals surface area contributed by atoms with Crippen molar-refractivity contribution in [3.05, 3.63) is 35.4 Å². The van der Waals surface area contributed by atoms with Gasteiger partial charge in [-0.2, -0.15) is 13.2 Å². The highest BCUT2D eigenvalue weighted by molar-refractivity contribution is 14.0. The highest BCUT2D eigenvalue weighted by atomic mass is 127. The lowest BCUT2D eigenvalue weighted by atomic mass is 10.1. The Kier molecular flexibility index (Phi) is 8.17. The molecule has 2 atom stereocenters. The summed E-state index contributed by atoms with van der Waals surface area (Å²) < 4.78 is 43.7. The van der Waals surface area contributed by atoms with E-state index in [9.17, 15) is 13.2 Å². The van der Waals surface area contributed by atoms with E-state index in [0.717, 1.165) is 37.4 Å². The van der Waals surface area contributed by atoms with E-state index in [-0.39, 0.29) is 30.1 Å². The fourth-order valence-electron chi connectivity index (χ4n) is 3.44. The molecule has 0 saturated carbocycles. The van der Waals surface area contributed by atoms with E-state index >= 15 is 0 Å². The van der Waals surface area contributed by atoms with Gasteiger partial charge in [0.2, 0.25) is 0 Å². The molecule has 152 valence electrons. The molecule has 0 radical (unpaired) electrons. The van der Waals surface area contributed by atoms with Gasteiger partial charge in [0.25, 0.3) is 0 Å². The number of halogens is 4. The quantitative estimate of drug-likeness (QED) is 0.381. The van der Waals surface area contributed by atoms with Crippen molar-refractivity contribution in [3.63, 3.8) is 0 Å². The highest BCUT2D eigenvalue weighted by Gasteiger charge is 2.32. The molecule has 2 fully saturated rings. The van der Waals surface area contributed by atoms with E-state index in [2.05, 4.69) is 20.5 Å². The Labute approximate surface area is 174 Å². The van der Waals surface area contributed by atoms with Crippen LogP contribution in [0.4, 0.5) is 13.2 Å². The first-order valence-corrected chi connectivity index (χ1v) is 8.92. The summed E-state index contributed by atoms with van der Waals surface area (Å²) in [6, 6.07) is 5.70. The van der Waals surface area contributed by atoms with Gasteiger partial charge in [-0.05, 0) is 37.1 Å². The van der Waals surface area contributed by atoms with E-state index in [1.165, 1.54) is 25.0 Å². The van der Waals surface area contributed by atoms with E-state index in [1.807, 2.05) is 0 Å². The molecule has 2 N–H and O–H groups in total. The van der Waals surface area contributed by atoms with Gasteiger partial charge < -0.3 is 15.4 Å². The van der Waals surface area contributed by atoms with Gasteiger partial charge in [-0.1, -0.05) is 12.1 Å². The topological polar surface area (TPSA) is 48.9 Å². The second kappa shape index (κ2) is 9.92. The van der Waals surface area contributed by atoms with Crippen molar-refractivity contribution in [2.75, 3.05) is 33.3 Å². The molecule has 1 aromatic carbocycles. The van der Waals surface area contributed by atoms with Gasteiger partial charge in [-0.25, -0.2) is 0 Å². The number of guanidine groups is 1. The maximum atomic E-state index is 12.6. The van der Waals surface area contributed by atoms with Crippen LogP contribution < -0.4 is 10.6 Å². The van der Waals surface area contributed by atoms with Gasteiger partial charge in [0.1, 0.15) is 0 Å². The molecule has 2 heterocycles. The van der Waals surface area contributed by atoms with Crippen molar-refractivity contribution in [1.82, 2.24) is 15.5 Å². The van der Waals surface area contributed by atoms with Crippen LogP contribution in [-0.2, 0) is 17.5 Å². The second-order valence-electron chi connectivity index (χ2n) is 6.75. The van der Waals surface area contributed by atoms with Crippen LogP contribution in [0, 0.1) is 0 Å². The van der Waals surface area contributed by atoms with Crippen LogP contribution in [0.3, 0.4) is 0 Å². The summed E-state index contributed by atoms with van der Waals surface area (Å²) in [6.07, 6.45) is -1.73. The molecule has 2 aliphatic heterocycles. The molecular formula is C18H26F3IN4O. The third-order valence-corrected chi connectivity index (χ3v) is 4.92. The van der Waals surface area contributed by atoms with Crippen LogP contribution in [0.1, 0.15) is 24.0 Å². The number of nitrogens with zero attached hydrogens (tertiary/aromatic N) is 2. The Morgan fingerprint density at radius 2 is 2.00 bits per heavy atom. The van der Waals surface area contributed by atoms with Crippen LogP contribution in [0.25, 0.3) is 0 Å². The summed E-state index contributed by atoms with van der Waals surface area (Å²) in [6.45, 7) is 3.90. The SMILES string of the molecule is CN=C(NCc1ccc(C(F)(F)F)cc1)NCC1CN2CCCC2CO1.I. The van der Waals surface area contributed by atoms with Crippen molar-refractivity contribution < 1.29 is 17.9 Å². The van der Waals surface area contributed by atoms with Gasteiger partial charge >= 0.3 is 6.18 Å². The van der Waals surface area contributed by atoms with Gasteiger partial charge in [0.05, 0.1) is 18.3 Å². The maximum Gasteiger partial charge on any atom is 0.416 e. The number of hydrogen-bond acceptors (Lipinski definition) is 3. The first kappa shape index (κ1) is 22.2. The lowest BCUT2D eigenvalue weighted by molar-refractivity contribution is -0.137. The van der Waals surface area contributed by atoms with Gasteiger partial charge in [0, 0.05) is 32.7 Å². The predicted molar refractivity (Wildman–Crippen MR) is 109 cm³/mol. The third-order valence-electron chi connectivity index (χ3n) is 4.92. The smallest absolute Gasteiger partial charge is 0.373 e. The molecule has 0 spiro atoms. The molecule has 1 aromatic rings. The molecule has 0 aliphatic carbocycles. The first-order chi connectivity index (χ1) is 12.5. The summed E-state index contributed by atoms with van der Waals surface area (Å²) in [4.78, 5) is 6.64. The zero-order valence-electron chi connectivity index (χ0n) is 15.3. The molecule has 9 heteroatoms.